The molecule has 1 fully saturated rings. The van der Waals surface area contributed by atoms with Gasteiger partial charge in [-0.3, -0.25) is 14.2 Å². The number of hydrogen-bond acceptors (Lipinski definition) is 7. The molecule has 36 heavy (non-hydrogen) atoms. The van der Waals surface area contributed by atoms with Gasteiger partial charge in [0.1, 0.15) is 17.3 Å². The fourth-order valence-corrected chi connectivity index (χ4v) is 4.46. The first-order valence-electron chi connectivity index (χ1n) is 12.1. The predicted octanol–water partition coefficient (Wildman–Crippen LogP) is 4.89. The zero-order chi connectivity index (χ0) is 25.1. The highest BCUT2D eigenvalue weighted by molar-refractivity contribution is 5.87. The SMILES string of the molecule is CC(=O)Nc1cc(Oc2ccc3nc(-c4cnc(NC5CCCCC5)n(C)c4=O)ccc3c2)ccn1. The van der Waals surface area contributed by atoms with Crippen molar-refractivity contribution in [2.24, 2.45) is 7.05 Å². The average Bonchev–Trinajstić information content (AvgIpc) is 2.87. The van der Waals surface area contributed by atoms with Crippen LogP contribution in [0.3, 0.4) is 0 Å². The van der Waals surface area contributed by atoms with E-state index in [1.807, 2.05) is 30.3 Å². The van der Waals surface area contributed by atoms with Crippen molar-refractivity contribution in [3.63, 3.8) is 0 Å². The highest BCUT2D eigenvalue weighted by Gasteiger charge is 2.17. The highest BCUT2D eigenvalue weighted by Crippen LogP contribution is 2.27. The largest absolute Gasteiger partial charge is 0.457 e. The lowest BCUT2D eigenvalue weighted by Gasteiger charge is -2.24. The van der Waals surface area contributed by atoms with Gasteiger partial charge in [0, 0.05) is 43.9 Å². The van der Waals surface area contributed by atoms with Gasteiger partial charge in [-0.2, -0.15) is 0 Å². The van der Waals surface area contributed by atoms with E-state index >= 15 is 0 Å². The molecule has 3 heterocycles. The van der Waals surface area contributed by atoms with E-state index in [9.17, 15) is 9.59 Å². The van der Waals surface area contributed by atoms with Gasteiger partial charge >= 0.3 is 0 Å². The molecule has 0 atom stereocenters. The number of pyridine rings is 2. The molecule has 5 rings (SSSR count). The summed E-state index contributed by atoms with van der Waals surface area (Å²) in [7, 11) is 1.74. The quantitative estimate of drug-likeness (QED) is 0.401. The third kappa shape index (κ3) is 5.19. The Labute approximate surface area is 208 Å². The summed E-state index contributed by atoms with van der Waals surface area (Å²) in [5.41, 5.74) is 1.63. The number of carbonyl (C=O) groups excluding carboxylic acids is 1. The maximum absolute atomic E-state index is 13.1. The van der Waals surface area contributed by atoms with Gasteiger partial charge in [0.15, 0.2) is 0 Å². The molecule has 1 saturated carbocycles. The van der Waals surface area contributed by atoms with Crippen LogP contribution in [0, 0.1) is 0 Å². The molecular weight excluding hydrogens is 456 g/mol. The topological polar surface area (TPSA) is 111 Å². The second-order valence-corrected chi connectivity index (χ2v) is 9.05. The van der Waals surface area contributed by atoms with Gasteiger partial charge in [-0.15, -0.1) is 0 Å². The van der Waals surface area contributed by atoms with E-state index in [-0.39, 0.29) is 11.5 Å². The molecule has 0 saturated heterocycles. The van der Waals surface area contributed by atoms with Crippen LogP contribution in [0.25, 0.3) is 22.2 Å². The van der Waals surface area contributed by atoms with Crippen LogP contribution in [0.15, 0.2) is 59.7 Å². The maximum atomic E-state index is 13.1. The van der Waals surface area contributed by atoms with Crippen molar-refractivity contribution in [3.05, 3.63) is 65.2 Å². The number of fused-ring (bicyclic) bond motifs is 1. The van der Waals surface area contributed by atoms with E-state index in [0.717, 1.165) is 23.7 Å². The third-order valence-electron chi connectivity index (χ3n) is 6.31. The Bertz CT molecular complexity index is 1480. The van der Waals surface area contributed by atoms with Gasteiger partial charge in [0.25, 0.3) is 5.56 Å². The number of benzene rings is 1. The van der Waals surface area contributed by atoms with Crippen molar-refractivity contribution in [2.45, 2.75) is 45.1 Å². The molecule has 0 radical (unpaired) electrons. The van der Waals surface area contributed by atoms with E-state index in [0.29, 0.717) is 40.6 Å². The number of nitrogens with zero attached hydrogens (tertiary/aromatic N) is 4. The van der Waals surface area contributed by atoms with Crippen LogP contribution in [0.2, 0.25) is 0 Å². The Balaban J connectivity index is 1.36. The van der Waals surface area contributed by atoms with Gasteiger partial charge in [-0.05, 0) is 43.2 Å². The summed E-state index contributed by atoms with van der Waals surface area (Å²) in [5.74, 6) is 1.98. The molecule has 0 bridgehead atoms. The molecule has 184 valence electrons. The second kappa shape index (κ2) is 10.2. The predicted molar refractivity (Wildman–Crippen MR) is 139 cm³/mol. The van der Waals surface area contributed by atoms with Crippen LogP contribution >= 0.6 is 0 Å². The molecular formula is C27H28N6O3. The number of nitrogens with one attached hydrogen (secondary N) is 2. The lowest BCUT2D eigenvalue weighted by molar-refractivity contribution is -0.114. The number of rotatable bonds is 6. The zero-order valence-electron chi connectivity index (χ0n) is 20.3. The van der Waals surface area contributed by atoms with Crippen molar-refractivity contribution in [1.29, 1.82) is 0 Å². The lowest BCUT2D eigenvalue weighted by Crippen LogP contribution is -2.29. The van der Waals surface area contributed by atoms with Gasteiger partial charge in [0.05, 0.1) is 16.8 Å². The van der Waals surface area contributed by atoms with Crippen LogP contribution in [-0.2, 0) is 11.8 Å². The molecule has 1 aliphatic carbocycles. The van der Waals surface area contributed by atoms with Gasteiger partial charge < -0.3 is 15.4 Å². The molecule has 2 N–H and O–H groups in total. The summed E-state index contributed by atoms with van der Waals surface area (Å²) in [6.45, 7) is 1.43. The molecule has 3 aromatic heterocycles. The molecule has 0 unspecified atom stereocenters. The van der Waals surface area contributed by atoms with E-state index in [2.05, 4.69) is 20.6 Å². The van der Waals surface area contributed by atoms with E-state index in [4.69, 9.17) is 9.72 Å². The van der Waals surface area contributed by atoms with E-state index < -0.39 is 0 Å². The monoisotopic (exact) mass is 484 g/mol. The number of anilines is 2. The average molecular weight is 485 g/mol. The minimum absolute atomic E-state index is 0.136. The van der Waals surface area contributed by atoms with E-state index in [1.54, 1.807) is 36.1 Å². The summed E-state index contributed by atoms with van der Waals surface area (Å²) in [6.07, 6.45) is 9.07. The first-order valence-corrected chi connectivity index (χ1v) is 12.1. The van der Waals surface area contributed by atoms with Crippen molar-refractivity contribution >= 4 is 28.6 Å². The molecule has 1 aromatic carbocycles. The molecule has 1 amide bonds. The van der Waals surface area contributed by atoms with Crippen LogP contribution < -0.4 is 20.9 Å². The molecule has 9 heteroatoms. The molecule has 4 aromatic rings. The first-order chi connectivity index (χ1) is 17.5. The van der Waals surface area contributed by atoms with Gasteiger partial charge in [-0.25, -0.2) is 15.0 Å². The standard InChI is InChI=1S/C27H28N6O3/c1-17(34)30-25-15-21(12-13-28-25)36-20-9-11-23-18(14-20)8-10-24(32-23)22-16-29-27(33(2)26(22)35)31-19-6-4-3-5-7-19/h8-16,19H,3-7H2,1-2H3,(H,29,31)(H,28,30,34). The Morgan fingerprint density at radius 3 is 2.64 bits per heavy atom. The molecule has 0 spiro atoms. The van der Waals surface area contributed by atoms with Crippen LogP contribution in [0.4, 0.5) is 11.8 Å². The molecule has 9 nitrogen and oxygen atoms in total. The Hall–Kier alpha value is -4.27. The van der Waals surface area contributed by atoms with Crippen molar-refractivity contribution in [1.82, 2.24) is 19.5 Å². The number of amides is 1. The second-order valence-electron chi connectivity index (χ2n) is 9.05. The first kappa shape index (κ1) is 23.5. The fraction of sp³-hybridized carbons (Fsp3) is 0.296. The lowest BCUT2D eigenvalue weighted by atomic mass is 9.96. The van der Waals surface area contributed by atoms with Crippen molar-refractivity contribution in [3.8, 4) is 22.8 Å². The van der Waals surface area contributed by atoms with Crippen LogP contribution in [0.5, 0.6) is 11.5 Å². The van der Waals surface area contributed by atoms with Crippen LogP contribution in [-0.4, -0.2) is 31.5 Å². The Kier molecular flexibility index (Phi) is 6.62. The van der Waals surface area contributed by atoms with Crippen molar-refractivity contribution in [2.75, 3.05) is 10.6 Å². The zero-order valence-corrected chi connectivity index (χ0v) is 20.3. The van der Waals surface area contributed by atoms with E-state index in [1.165, 1.54) is 26.2 Å². The molecule has 1 aliphatic rings. The number of aromatic nitrogens is 4. The van der Waals surface area contributed by atoms with Gasteiger partial charge in [-0.1, -0.05) is 25.3 Å². The summed E-state index contributed by atoms with van der Waals surface area (Å²) in [5, 5.41) is 6.94. The summed E-state index contributed by atoms with van der Waals surface area (Å²) in [4.78, 5) is 37.7. The van der Waals surface area contributed by atoms with Gasteiger partial charge in [0.2, 0.25) is 11.9 Å². The van der Waals surface area contributed by atoms with Crippen LogP contribution in [0.1, 0.15) is 39.0 Å². The van der Waals surface area contributed by atoms with Crippen molar-refractivity contribution < 1.29 is 9.53 Å². The fourth-order valence-electron chi connectivity index (χ4n) is 4.46. The smallest absolute Gasteiger partial charge is 0.264 e. The number of ether oxygens (including phenoxy) is 1. The maximum Gasteiger partial charge on any atom is 0.264 e. The molecule has 0 aliphatic heterocycles. The Morgan fingerprint density at radius 2 is 1.83 bits per heavy atom. The minimum Gasteiger partial charge on any atom is -0.457 e. The minimum atomic E-state index is -0.201. The summed E-state index contributed by atoms with van der Waals surface area (Å²) < 4.78 is 7.51. The summed E-state index contributed by atoms with van der Waals surface area (Å²) >= 11 is 0. The third-order valence-corrected chi connectivity index (χ3v) is 6.31. The highest BCUT2D eigenvalue weighted by atomic mass is 16.5. The number of hydrogen-bond donors (Lipinski definition) is 2. The number of carbonyl (C=O) groups is 1. The summed E-state index contributed by atoms with van der Waals surface area (Å²) in [6, 6.07) is 13.0. The Morgan fingerprint density at radius 1 is 1.03 bits per heavy atom. The normalized spacial score (nSPS) is 13.9.